The molecule has 1 aliphatic heterocycles. The summed E-state index contributed by atoms with van der Waals surface area (Å²) in [4.78, 5) is 2.72. The topological polar surface area (TPSA) is 0 Å². The van der Waals surface area contributed by atoms with Gasteiger partial charge in [0, 0.05) is 9.79 Å². The first kappa shape index (κ1) is 17.7. The molecule has 28 heavy (non-hydrogen) atoms. The largest absolute Gasteiger partial charge is 0.0622 e. The predicted octanol–water partition coefficient (Wildman–Crippen LogP) is 8.42. The van der Waals surface area contributed by atoms with E-state index >= 15 is 0 Å². The van der Waals surface area contributed by atoms with E-state index in [4.69, 9.17) is 0 Å². The highest BCUT2D eigenvalue weighted by Gasteiger charge is 2.21. The Morgan fingerprint density at radius 3 is 1.25 bits per heavy atom. The fraction of sp³-hybridized carbons (Fsp3) is 0.0769. The van der Waals surface area contributed by atoms with Gasteiger partial charge in [0.1, 0.15) is 0 Å². The Bertz CT molecular complexity index is 1070. The first-order chi connectivity index (χ1) is 13.7. The van der Waals surface area contributed by atoms with Crippen LogP contribution < -0.4 is 0 Å². The second-order valence-corrected chi connectivity index (χ2v) is 9.44. The lowest BCUT2D eigenvalue weighted by Gasteiger charge is -2.23. The molecular formula is C26H20S2. The average Bonchev–Trinajstić information content (AvgIpc) is 2.74. The zero-order chi connectivity index (χ0) is 19.1. The maximum Gasteiger partial charge on any atom is 0.0268 e. The van der Waals surface area contributed by atoms with Gasteiger partial charge in [0.2, 0.25) is 0 Å². The van der Waals surface area contributed by atoms with Crippen LogP contribution in [0, 0.1) is 13.8 Å². The summed E-state index contributed by atoms with van der Waals surface area (Å²) in [7, 11) is 3.75. The van der Waals surface area contributed by atoms with Crippen molar-refractivity contribution in [2.45, 2.75) is 23.6 Å². The van der Waals surface area contributed by atoms with Crippen LogP contribution in [0.3, 0.4) is 0 Å². The van der Waals surface area contributed by atoms with Gasteiger partial charge in [-0.25, -0.2) is 0 Å². The molecule has 5 rings (SSSR count). The second-order valence-electron chi connectivity index (χ2n) is 7.23. The third-order valence-electron chi connectivity index (χ3n) is 5.33. The molecule has 1 aliphatic rings. The van der Waals surface area contributed by atoms with Gasteiger partial charge in [-0.15, -0.1) is 0 Å². The van der Waals surface area contributed by atoms with Crippen molar-refractivity contribution in [3.05, 3.63) is 96.1 Å². The number of rotatable bonds is 2. The number of fused-ring (bicyclic) bond motifs is 3. The zero-order valence-electron chi connectivity index (χ0n) is 15.9. The maximum atomic E-state index is 2.38. The summed E-state index contributed by atoms with van der Waals surface area (Å²) < 4.78 is 0. The minimum atomic E-state index is 1.28. The molecule has 0 saturated carbocycles. The van der Waals surface area contributed by atoms with Crippen molar-refractivity contribution in [3.63, 3.8) is 0 Å². The van der Waals surface area contributed by atoms with Gasteiger partial charge in [0.15, 0.2) is 0 Å². The summed E-state index contributed by atoms with van der Waals surface area (Å²) in [6, 6.07) is 30.9. The summed E-state index contributed by atoms with van der Waals surface area (Å²) in [6.07, 6.45) is 0. The van der Waals surface area contributed by atoms with Crippen molar-refractivity contribution in [1.29, 1.82) is 0 Å². The third kappa shape index (κ3) is 3.07. The Morgan fingerprint density at radius 1 is 0.464 bits per heavy atom. The summed E-state index contributed by atoms with van der Waals surface area (Å²) >= 11 is 0. The molecule has 2 heteroatoms. The SMILES string of the molecule is Cc1cc2c(cc1-c1ccccc1)-c1cc(-c3ccccc3)c(C)cc1SS2. The number of benzene rings is 4. The van der Waals surface area contributed by atoms with E-state index in [-0.39, 0.29) is 0 Å². The van der Waals surface area contributed by atoms with E-state index in [0.717, 1.165) is 0 Å². The minimum absolute atomic E-state index is 1.28. The van der Waals surface area contributed by atoms with Crippen LogP contribution in [0.15, 0.2) is 94.7 Å². The molecule has 1 heterocycles. The molecule has 0 bridgehead atoms. The van der Waals surface area contributed by atoms with Crippen LogP contribution >= 0.6 is 21.6 Å². The molecule has 0 saturated heterocycles. The van der Waals surface area contributed by atoms with Crippen molar-refractivity contribution in [3.8, 4) is 33.4 Å². The van der Waals surface area contributed by atoms with Gasteiger partial charge >= 0.3 is 0 Å². The van der Waals surface area contributed by atoms with Crippen molar-refractivity contribution in [2.75, 3.05) is 0 Å². The van der Waals surface area contributed by atoms with E-state index in [0.29, 0.717) is 0 Å². The van der Waals surface area contributed by atoms with E-state index in [1.165, 1.54) is 54.3 Å². The first-order valence-electron chi connectivity index (χ1n) is 9.46. The summed E-state index contributed by atoms with van der Waals surface area (Å²) in [5.41, 5.74) is 10.6. The van der Waals surface area contributed by atoms with Crippen molar-refractivity contribution >= 4 is 21.6 Å². The van der Waals surface area contributed by atoms with Gasteiger partial charge in [-0.05, 0) is 82.6 Å². The molecule has 0 aromatic heterocycles. The monoisotopic (exact) mass is 396 g/mol. The smallest absolute Gasteiger partial charge is 0.0268 e. The van der Waals surface area contributed by atoms with E-state index in [1.54, 1.807) is 0 Å². The van der Waals surface area contributed by atoms with Crippen molar-refractivity contribution in [1.82, 2.24) is 0 Å². The molecule has 136 valence electrons. The average molecular weight is 397 g/mol. The van der Waals surface area contributed by atoms with Crippen LogP contribution in [0.4, 0.5) is 0 Å². The number of hydrogen-bond acceptors (Lipinski definition) is 2. The Labute approximate surface area is 174 Å². The standard InChI is InChI=1S/C26H20S2/c1-17-13-25-23(15-21(17)19-9-5-3-6-10-19)24-16-22(20-11-7-4-8-12-20)18(2)14-26(24)28-27-25/h3-16H,1-2H3. The second kappa shape index (κ2) is 7.20. The van der Waals surface area contributed by atoms with Crippen LogP contribution in [-0.2, 0) is 0 Å². The van der Waals surface area contributed by atoms with Crippen molar-refractivity contribution < 1.29 is 0 Å². The lowest BCUT2D eigenvalue weighted by Crippen LogP contribution is -1.95. The number of aryl methyl sites for hydroxylation is 2. The molecule has 4 aromatic carbocycles. The fourth-order valence-corrected chi connectivity index (χ4v) is 6.38. The molecule has 0 radical (unpaired) electrons. The van der Waals surface area contributed by atoms with Crippen LogP contribution in [0.1, 0.15) is 11.1 Å². The lowest BCUT2D eigenvalue weighted by atomic mass is 9.92. The molecule has 0 aliphatic carbocycles. The summed E-state index contributed by atoms with van der Waals surface area (Å²) in [6.45, 7) is 4.43. The zero-order valence-corrected chi connectivity index (χ0v) is 17.5. The van der Waals surface area contributed by atoms with E-state index in [1.807, 2.05) is 21.6 Å². The predicted molar refractivity (Wildman–Crippen MR) is 124 cm³/mol. The number of hydrogen-bond donors (Lipinski definition) is 0. The van der Waals surface area contributed by atoms with Gasteiger partial charge in [-0.3, -0.25) is 0 Å². The molecule has 4 aromatic rings. The molecule has 0 spiro atoms. The summed E-state index contributed by atoms with van der Waals surface area (Å²) in [5, 5.41) is 0. The summed E-state index contributed by atoms with van der Waals surface area (Å²) in [5.74, 6) is 0. The quantitative estimate of drug-likeness (QED) is 0.312. The highest BCUT2D eigenvalue weighted by atomic mass is 33.1. The molecule has 0 amide bonds. The molecule has 0 N–H and O–H groups in total. The molecule has 0 nitrogen and oxygen atoms in total. The Balaban J connectivity index is 1.72. The van der Waals surface area contributed by atoms with Gasteiger partial charge in [-0.1, -0.05) is 82.3 Å². The van der Waals surface area contributed by atoms with Crippen LogP contribution in [0.25, 0.3) is 33.4 Å². The maximum absolute atomic E-state index is 2.38. The first-order valence-corrected chi connectivity index (χ1v) is 11.6. The van der Waals surface area contributed by atoms with E-state index in [9.17, 15) is 0 Å². The molecule has 0 fully saturated rings. The molecule has 0 unspecified atom stereocenters. The van der Waals surface area contributed by atoms with Crippen LogP contribution in [0.2, 0.25) is 0 Å². The Morgan fingerprint density at radius 2 is 0.857 bits per heavy atom. The molecular weight excluding hydrogens is 376 g/mol. The van der Waals surface area contributed by atoms with Crippen molar-refractivity contribution in [2.24, 2.45) is 0 Å². The van der Waals surface area contributed by atoms with Gasteiger partial charge in [-0.2, -0.15) is 0 Å². The van der Waals surface area contributed by atoms with Crippen LogP contribution in [0.5, 0.6) is 0 Å². The lowest BCUT2D eigenvalue weighted by molar-refractivity contribution is 1.30. The minimum Gasteiger partial charge on any atom is -0.0622 e. The molecule has 0 atom stereocenters. The van der Waals surface area contributed by atoms with E-state index in [2.05, 4.69) is 98.8 Å². The van der Waals surface area contributed by atoms with Gasteiger partial charge in [0.25, 0.3) is 0 Å². The normalized spacial score (nSPS) is 12.4. The third-order valence-corrected chi connectivity index (χ3v) is 7.78. The van der Waals surface area contributed by atoms with Gasteiger partial charge < -0.3 is 0 Å². The van der Waals surface area contributed by atoms with Gasteiger partial charge in [0.05, 0.1) is 0 Å². The highest BCUT2D eigenvalue weighted by Crippen LogP contribution is 2.53. The van der Waals surface area contributed by atoms with E-state index < -0.39 is 0 Å². The highest BCUT2D eigenvalue weighted by molar-refractivity contribution is 8.76. The Kier molecular flexibility index (Phi) is 4.54. The Hall–Kier alpha value is -2.42. The fourth-order valence-electron chi connectivity index (χ4n) is 3.87. The van der Waals surface area contributed by atoms with Crippen LogP contribution in [-0.4, -0.2) is 0 Å².